The molecule has 5 heteroatoms. The number of nitrogens with zero attached hydrogens (tertiary/aromatic N) is 2. The maximum absolute atomic E-state index is 12.4. The van der Waals surface area contributed by atoms with E-state index >= 15 is 0 Å². The molecule has 1 amide bonds. The van der Waals surface area contributed by atoms with Crippen molar-refractivity contribution in [2.24, 2.45) is 0 Å². The van der Waals surface area contributed by atoms with E-state index < -0.39 is 0 Å². The van der Waals surface area contributed by atoms with Crippen molar-refractivity contribution in [2.45, 2.75) is 0 Å². The van der Waals surface area contributed by atoms with Gasteiger partial charge in [0.1, 0.15) is 11.3 Å². The van der Waals surface area contributed by atoms with Crippen LogP contribution in [0.15, 0.2) is 18.2 Å². The Balaban J connectivity index is 2.23. The number of hydrogen-bond donors (Lipinski definition) is 0. The molecule has 1 fully saturated rings. The topological polar surface area (TPSA) is 32.8 Å². The van der Waals surface area contributed by atoms with Gasteiger partial charge in [-0.3, -0.25) is 4.79 Å². The molecule has 18 heavy (non-hydrogen) atoms. The van der Waals surface area contributed by atoms with Crippen LogP contribution < -0.4 is 4.74 Å². The van der Waals surface area contributed by atoms with Gasteiger partial charge in [-0.1, -0.05) is 17.7 Å². The van der Waals surface area contributed by atoms with Gasteiger partial charge in [-0.15, -0.1) is 0 Å². The van der Waals surface area contributed by atoms with Gasteiger partial charge in [-0.2, -0.15) is 0 Å². The summed E-state index contributed by atoms with van der Waals surface area (Å²) in [6, 6.07) is 5.25. The molecule has 2 rings (SSSR count). The summed E-state index contributed by atoms with van der Waals surface area (Å²) in [4.78, 5) is 16.5. The smallest absolute Gasteiger partial charge is 0.259 e. The third-order valence-corrected chi connectivity index (χ3v) is 3.51. The minimum absolute atomic E-state index is 0.0504. The van der Waals surface area contributed by atoms with Crippen molar-refractivity contribution in [1.82, 2.24) is 9.80 Å². The number of hydrogen-bond acceptors (Lipinski definition) is 3. The molecule has 1 saturated heterocycles. The number of ether oxygens (including phenoxy) is 1. The van der Waals surface area contributed by atoms with E-state index in [9.17, 15) is 4.79 Å². The average molecular weight is 269 g/mol. The Morgan fingerprint density at radius 3 is 2.56 bits per heavy atom. The first-order chi connectivity index (χ1) is 8.63. The number of carbonyl (C=O) groups excluding carboxylic acids is 1. The fraction of sp³-hybridized carbons (Fsp3) is 0.462. The molecule has 0 saturated carbocycles. The Morgan fingerprint density at radius 1 is 1.28 bits per heavy atom. The van der Waals surface area contributed by atoms with Crippen molar-refractivity contribution in [3.63, 3.8) is 0 Å². The third kappa shape index (κ3) is 2.60. The Labute approximate surface area is 112 Å². The van der Waals surface area contributed by atoms with E-state index in [1.807, 2.05) is 4.90 Å². The molecule has 1 aromatic rings. The van der Waals surface area contributed by atoms with E-state index in [1.165, 1.54) is 0 Å². The molecule has 1 aliphatic rings. The van der Waals surface area contributed by atoms with Gasteiger partial charge in [0.25, 0.3) is 5.91 Å². The molecule has 0 N–H and O–H groups in total. The number of methoxy groups -OCH3 is 1. The zero-order valence-corrected chi connectivity index (χ0v) is 11.4. The van der Waals surface area contributed by atoms with Crippen LogP contribution in [0.4, 0.5) is 0 Å². The Bertz CT molecular complexity index is 443. The first-order valence-corrected chi connectivity index (χ1v) is 6.31. The zero-order chi connectivity index (χ0) is 13.1. The fourth-order valence-corrected chi connectivity index (χ4v) is 2.30. The molecular formula is C13H17ClN2O2. The summed E-state index contributed by atoms with van der Waals surface area (Å²) in [5.74, 6) is 0.483. The molecule has 0 unspecified atom stereocenters. The summed E-state index contributed by atoms with van der Waals surface area (Å²) in [6.45, 7) is 3.23. The van der Waals surface area contributed by atoms with Gasteiger partial charge in [0.2, 0.25) is 0 Å². The van der Waals surface area contributed by atoms with Crippen molar-refractivity contribution in [3.05, 3.63) is 28.8 Å². The molecule has 1 heterocycles. The minimum atomic E-state index is -0.0504. The molecule has 1 aliphatic heterocycles. The number of likely N-dealkylation sites (N-methyl/N-ethyl adjacent to an activating group) is 1. The number of carbonyl (C=O) groups is 1. The number of amides is 1. The number of piperazine rings is 1. The average Bonchev–Trinajstić information content (AvgIpc) is 2.38. The second-order valence-corrected chi connectivity index (χ2v) is 4.82. The zero-order valence-electron chi connectivity index (χ0n) is 10.6. The van der Waals surface area contributed by atoms with Crippen LogP contribution in [-0.2, 0) is 0 Å². The molecule has 0 aromatic heterocycles. The molecule has 0 atom stereocenters. The van der Waals surface area contributed by atoms with Gasteiger partial charge in [0, 0.05) is 26.2 Å². The Kier molecular flexibility index (Phi) is 4.09. The van der Waals surface area contributed by atoms with Gasteiger partial charge in [0.15, 0.2) is 0 Å². The Hall–Kier alpha value is -1.26. The number of halogens is 1. The number of benzene rings is 1. The predicted molar refractivity (Wildman–Crippen MR) is 71.4 cm³/mol. The molecule has 0 aliphatic carbocycles. The van der Waals surface area contributed by atoms with E-state index in [0.717, 1.165) is 26.2 Å². The maximum Gasteiger partial charge on any atom is 0.259 e. The van der Waals surface area contributed by atoms with Gasteiger partial charge in [0.05, 0.1) is 12.1 Å². The Morgan fingerprint density at radius 2 is 1.94 bits per heavy atom. The second-order valence-electron chi connectivity index (χ2n) is 4.41. The largest absolute Gasteiger partial charge is 0.496 e. The van der Waals surface area contributed by atoms with E-state index in [0.29, 0.717) is 16.3 Å². The van der Waals surface area contributed by atoms with Crippen LogP contribution in [0.25, 0.3) is 0 Å². The van der Waals surface area contributed by atoms with Gasteiger partial charge >= 0.3 is 0 Å². The van der Waals surface area contributed by atoms with Crippen molar-refractivity contribution >= 4 is 17.5 Å². The number of rotatable bonds is 2. The summed E-state index contributed by atoms with van der Waals surface area (Å²) in [5.41, 5.74) is 0.464. The molecule has 4 nitrogen and oxygen atoms in total. The highest BCUT2D eigenvalue weighted by atomic mass is 35.5. The first-order valence-electron chi connectivity index (χ1n) is 5.94. The molecular weight excluding hydrogens is 252 g/mol. The summed E-state index contributed by atoms with van der Waals surface area (Å²) in [6.07, 6.45) is 0. The maximum atomic E-state index is 12.4. The van der Waals surface area contributed by atoms with E-state index in [2.05, 4.69) is 11.9 Å². The van der Waals surface area contributed by atoms with Crippen LogP contribution in [0.5, 0.6) is 5.75 Å². The molecule has 0 spiro atoms. The van der Waals surface area contributed by atoms with Gasteiger partial charge < -0.3 is 14.5 Å². The fourth-order valence-electron chi connectivity index (χ4n) is 2.05. The third-order valence-electron chi connectivity index (χ3n) is 3.20. The SMILES string of the molecule is COc1cccc(Cl)c1C(=O)N1CCN(C)CC1. The lowest BCUT2D eigenvalue weighted by molar-refractivity contribution is 0.0661. The van der Waals surface area contributed by atoms with E-state index in [-0.39, 0.29) is 5.91 Å². The van der Waals surface area contributed by atoms with Crippen LogP contribution in [0.3, 0.4) is 0 Å². The summed E-state index contributed by atoms with van der Waals surface area (Å²) < 4.78 is 5.22. The van der Waals surface area contributed by atoms with Crippen molar-refractivity contribution in [2.75, 3.05) is 40.3 Å². The highest BCUT2D eigenvalue weighted by molar-refractivity contribution is 6.34. The summed E-state index contributed by atoms with van der Waals surface area (Å²) in [5, 5.41) is 0.443. The summed E-state index contributed by atoms with van der Waals surface area (Å²) >= 11 is 6.11. The molecule has 0 radical (unpaired) electrons. The van der Waals surface area contributed by atoms with Crippen LogP contribution in [0.2, 0.25) is 5.02 Å². The van der Waals surface area contributed by atoms with Crippen LogP contribution in [0, 0.1) is 0 Å². The lowest BCUT2D eigenvalue weighted by Crippen LogP contribution is -2.47. The van der Waals surface area contributed by atoms with Crippen molar-refractivity contribution < 1.29 is 9.53 Å². The highest BCUT2D eigenvalue weighted by Gasteiger charge is 2.24. The monoisotopic (exact) mass is 268 g/mol. The lowest BCUT2D eigenvalue weighted by Gasteiger charge is -2.32. The van der Waals surface area contributed by atoms with Crippen LogP contribution in [-0.4, -0.2) is 56.0 Å². The van der Waals surface area contributed by atoms with Crippen molar-refractivity contribution in [3.8, 4) is 5.75 Å². The van der Waals surface area contributed by atoms with Gasteiger partial charge in [-0.05, 0) is 19.2 Å². The molecule has 98 valence electrons. The molecule has 0 bridgehead atoms. The first kappa shape index (κ1) is 13.2. The van der Waals surface area contributed by atoms with E-state index in [4.69, 9.17) is 16.3 Å². The second kappa shape index (κ2) is 5.59. The molecule has 1 aromatic carbocycles. The standard InChI is InChI=1S/C13H17ClN2O2/c1-15-6-8-16(9-7-15)13(17)12-10(14)4-3-5-11(12)18-2/h3-5H,6-9H2,1-2H3. The van der Waals surface area contributed by atoms with Gasteiger partial charge in [-0.25, -0.2) is 0 Å². The summed E-state index contributed by atoms with van der Waals surface area (Å²) in [7, 11) is 3.60. The normalized spacial score (nSPS) is 16.7. The van der Waals surface area contributed by atoms with Crippen molar-refractivity contribution in [1.29, 1.82) is 0 Å². The minimum Gasteiger partial charge on any atom is -0.496 e. The highest BCUT2D eigenvalue weighted by Crippen LogP contribution is 2.27. The van der Waals surface area contributed by atoms with Crippen LogP contribution in [0.1, 0.15) is 10.4 Å². The quantitative estimate of drug-likeness (QED) is 0.819. The van der Waals surface area contributed by atoms with Crippen LogP contribution >= 0.6 is 11.6 Å². The predicted octanol–water partition coefficient (Wildman–Crippen LogP) is 1.74. The van der Waals surface area contributed by atoms with E-state index in [1.54, 1.807) is 25.3 Å². The lowest BCUT2D eigenvalue weighted by atomic mass is 10.1.